The molecule has 0 aliphatic carbocycles. The third-order valence-corrected chi connectivity index (χ3v) is 6.09. The van der Waals surface area contributed by atoms with Gasteiger partial charge in [0.25, 0.3) is 0 Å². The first-order chi connectivity index (χ1) is 14.5. The molecule has 1 amide bonds. The average Bonchev–Trinajstić information content (AvgIpc) is 2.67. The number of aliphatic hydroxyl groups excluding tert-OH is 1. The van der Waals surface area contributed by atoms with Gasteiger partial charge >= 0.3 is 7.82 Å². The highest BCUT2D eigenvalue weighted by atomic mass is 31.2. The zero-order chi connectivity index (χ0) is 23.8. The molecule has 9 heteroatoms. The minimum absolute atomic E-state index is 0.0750. The lowest BCUT2D eigenvalue weighted by atomic mass is 10.0. The Morgan fingerprint density at radius 1 is 0.968 bits per heavy atom. The van der Waals surface area contributed by atoms with Crippen LogP contribution in [0.5, 0.6) is 0 Å². The van der Waals surface area contributed by atoms with Gasteiger partial charge in [-0.1, -0.05) is 65.2 Å². The van der Waals surface area contributed by atoms with E-state index in [1.165, 1.54) is 0 Å². The number of rotatable bonds is 20. The van der Waals surface area contributed by atoms with Crippen LogP contribution in [0.4, 0.5) is 0 Å². The molecule has 3 atom stereocenters. The van der Waals surface area contributed by atoms with Crippen LogP contribution in [0, 0.1) is 0 Å². The summed E-state index contributed by atoms with van der Waals surface area (Å²) in [5.74, 6) is -0.170. The van der Waals surface area contributed by atoms with Crippen LogP contribution in [-0.4, -0.2) is 73.4 Å². The monoisotopic (exact) mass is 467 g/mol. The molecule has 8 nitrogen and oxygen atoms in total. The molecule has 186 valence electrons. The first-order valence-electron chi connectivity index (χ1n) is 11.9. The summed E-state index contributed by atoms with van der Waals surface area (Å²) in [6, 6.07) is -0.743. The maximum atomic E-state index is 12.3. The van der Waals surface area contributed by atoms with Gasteiger partial charge in [0.1, 0.15) is 13.2 Å². The predicted molar refractivity (Wildman–Crippen MR) is 125 cm³/mol. The molecule has 31 heavy (non-hydrogen) atoms. The number of phosphoric ester groups is 1. The predicted octanol–water partition coefficient (Wildman–Crippen LogP) is 4.00. The van der Waals surface area contributed by atoms with Crippen molar-refractivity contribution in [3.05, 3.63) is 0 Å². The summed E-state index contributed by atoms with van der Waals surface area (Å²) >= 11 is 0. The number of unbranched alkanes of at least 4 members (excludes halogenated alkanes) is 7. The highest BCUT2D eigenvalue weighted by Gasteiger charge is 2.28. The average molecular weight is 468 g/mol. The Balaban J connectivity index is 4.67. The lowest BCUT2D eigenvalue weighted by Crippen LogP contribution is -2.46. The first kappa shape index (κ1) is 30.5. The lowest BCUT2D eigenvalue weighted by molar-refractivity contribution is -0.870. The van der Waals surface area contributed by atoms with Gasteiger partial charge < -0.3 is 19.8 Å². The maximum Gasteiger partial charge on any atom is 0.472 e. The van der Waals surface area contributed by atoms with Crippen molar-refractivity contribution >= 4 is 13.7 Å². The highest BCUT2D eigenvalue weighted by molar-refractivity contribution is 7.47. The van der Waals surface area contributed by atoms with E-state index >= 15 is 0 Å². The number of carbonyl (C=O) groups excluding carboxylic acids is 1. The number of likely N-dealkylation sites (N-methyl/N-ethyl adjacent to an activating group) is 1. The number of phosphoric acid groups is 1. The van der Waals surface area contributed by atoms with E-state index in [2.05, 4.69) is 19.2 Å². The molecular weight excluding hydrogens is 419 g/mol. The van der Waals surface area contributed by atoms with Crippen molar-refractivity contribution in [1.82, 2.24) is 5.32 Å². The van der Waals surface area contributed by atoms with Crippen molar-refractivity contribution in [3.63, 3.8) is 0 Å². The fourth-order valence-electron chi connectivity index (χ4n) is 3.04. The van der Waals surface area contributed by atoms with Gasteiger partial charge in [0.15, 0.2) is 0 Å². The van der Waals surface area contributed by atoms with E-state index < -0.39 is 20.0 Å². The minimum atomic E-state index is -4.26. The van der Waals surface area contributed by atoms with Crippen LogP contribution in [0.2, 0.25) is 0 Å². The van der Waals surface area contributed by atoms with Crippen LogP contribution < -0.4 is 5.32 Å². The summed E-state index contributed by atoms with van der Waals surface area (Å²) in [5, 5.41) is 13.4. The second-order valence-electron chi connectivity index (χ2n) is 9.37. The van der Waals surface area contributed by atoms with E-state index in [0.717, 1.165) is 57.8 Å². The van der Waals surface area contributed by atoms with Gasteiger partial charge in [-0.25, -0.2) is 4.57 Å². The fourth-order valence-corrected chi connectivity index (χ4v) is 3.78. The van der Waals surface area contributed by atoms with Gasteiger partial charge in [-0.15, -0.1) is 0 Å². The van der Waals surface area contributed by atoms with Gasteiger partial charge in [-0.3, -0.25) is 13.8 Å². The Labute approximate surface area is 189 Å². The van der Waals surface area contributed by atoms with Crippen LogP contribution in [0.1, 0.15) is 84.5 Å². The Morgan fingerprint density at radius 3 is 2.13 bits per heavy atom. The summed E-state index contributed by atoms with van der Waals surface area (Å²) in [4.78, 5) is 22.3. The smallest absolute Gasteiger partial charge is 0.391 e. The van der Waals surface area contributed by atoms with Crippen LogP contribution in [-0.2, 0) is 18.4 Å². The number of aliphatic hydroxyl groups is 1. The summed E-state index contributed by atoms with van der Waals surface area (Å²) in [6.07, 6.45) is 9.24. The molecule has 0 saturated carbocycles. The second-order valence-corrected chi connectivity index (χ2v) is 10.8. The van der Waals surface area contributed by atoms with Gasteiger partial charge in [0.2, 0.25) is 5.91 Å². The molecule has 0 bridgehead atoms. The van der Waals surface area contributed by atoms with Crippen molar-refractivity contribution in [2.75, 3.05) is 40.9 Å². The molecule has 0 spiro atoms. The largest absolute Gasteiger partial charge is 0.472 e. The first-order valence-corrected chi connectivity index (χ1v) is 13.4. The van der Waals surface area contributed by atoms with E-state index in [1.807, 2.05) is 21.1 Å². The molecular formula is C22H48N2O6P+. The number of nitrogens with one attached hydrogen (secondary N) is 1. The topological polar surface area (TPSA) is 105 Å². The van der Waals surface area contributed by atoms with E-state index in [0.29, 0.717) is 23.9 Å². The Kier molecular flexibility index (Phi) is 16.8. The third-order valence-electron chi connectivity index (χ3n) is 5.11. The van der Waals surface area contributed by atoms with Gasteiger partial charge in [-0.05, 0) is 12.8 Å². The minimum Gasteiger partial charge on any atom is -0.391 e. The lowest BCUT2D eigenvalue weighted by Gasteiger charge is -2.26. The van der Waals surface area contributed by atoms with Crippen LogP contribution in [0.15, 0.2) is 0 Å². The van der Waals surface area contributed by atoms with Gasteiger partial charge in [-0.2, -0.15) is 0 Å². The molecule has 0 radical (unpaired) electrons. The Bertz CT molecular complexity index is 513. The quantitative estimate of drug-likeness (QED) is 0.142. The summed E-state index contributed by atoms with van der Waals surface area (Å²) in [7, 11) is 1.60. The van der Waals surface area contributed by atoms with Crippen LogP contribution in [0.3, 0.4) is 0 Å². The van der Waals surface area contributed by atoms with Crippen LogP contribution >= 0.6 is 7.82 Å². The number of hydrogen-bond acceptors (Lipinski definition) is 5. The molecule has 3 unspecified atom stereocenters. The molecule has 0 heterocycles. The zero-order valence-electron chi connectivity index (χ0n) is 20.5. The normalized spacial score (nSPS) is 16.0. The number of nitrogens with zero attached hydrogens (tertiary/aromatic N) is 1. The van der Waals surface area contributed by atoms with Crippen molar-refractivity contribution in [1.29, 1.82) is 0 Å². The highest BCUT2D eigenvalue weighted by Crippen LogP contribution is 2.43. The van der Waals surface area contributed by atoms with Crippen LogP contribution in [0.25, 0.3) is 0 Å². The second kappa shape index (κ2) is 17.0. The van der Waals surface area contributed by atoms with Crippen molar-refractivity contribution in [3.8, 4) is 0 Å². The Hall–Kier alpha value is -0.500. The molecule has 0 rings (SSSR count). The number of hydrogen-bond donors (Lipinski definition) is 3. The molecule has 0 aliphatic rings. The van der Waals surface area contributed by atoms with E-state index in [9.17, 15) is 19.4 Å². The summed E-state index contributed by atoms with van der Waals surface area (Å²) < 4.78 is 22.9. The van der Waals surface area contributed by atoms with Crippen molar-refractivity contribution in [2.45, 2.75) is 96.6 Å². The number of carbonyl (C=O) groups is 1. The van der Waals surface area contributed by atoms with Crippen molar-refractivity contribution < 1.29 is 32.9 Å². The standard InChI is InChI=1S/C22H47N2O6P/c1-6-8-10-12-14-16-22(26)23-20(21(25)15-13-11-9-7-2)19-30-31(27,28)29-18-17-24(3,4)5/h20-21,25H,6-19H2,1-5H3,(H-,23,26,27,28)/p+1. The zero-order valence-corrected chi connectivity index (χ0v) is 21.4. The number of amides is 1. The van der Waals surface area contributed by atoms with Gasteiger partial charge in [0.05, 0.1) is 39.9 Å². The van der Waals surface area contributed by atoms with Gasteiger partial charge in [0, 0.05) is 6.42 Å². The summed E-state index contributed by atoms with van der Waals surface area (Å²) in [6.45, 7) is 4.61. The Morgan fingerprint density at radius 2 is 1.55 bits per heavy atom. The maximum absolute atomic E-state index is 12.3. The van der Waals surface area contributed by atoms with E-state index in [1.54, 1.807) is 0 Å². The van der Waals surface area contributed by atoms with Crippen molar-refractivity contribution in [2.24, 2.45) is 0 Å². The number of quaternary nitrogens is 1. The molecule has 0 aliphatic heterocycles. The third kappa shape index (κ3) is 18.7. The molecule has 0 aromatic carbocycles. The van der Waals surface area contributed by atoms with E-state index in [-0.39, 0.29) is 19.1 Å². The molecule has 0 aromatic rings. The SMILES string of the molecule is CCCCCCCC(=O)NC(COP(=O)(O)OCC[N+](C)(C)C)C(O)CCCCCC. The van der Waals surface area contributed by atoms with E-state index in [4.69, 9.17) is 9.05 Å². The summed E-state index contributed by atoms with van der Waals surface area (Å²) in [5.41, 5.74) is 0. The fraction of sp³-hybridized carbons (Fsp3) is 0.955. The molecule has 0 fully saturated rings. The molecule has 0 saturated heterocycles. The molecule has 3 N–H and O–H groups in total. The molecule has 0 aromatic heterocycles.